The predicted molar refractivity (Wildman–Crippen MR) is 160 cm³/mol. The molecule has 3 aromatic rings. The van der Waals surface area contributed by atoms with Crippen molar-refractivity contribution in [2.45, 2.75) is 58.1 Å². The van der Waals surface area contributed by atoms with Crippen LogP contribution in [-0.4, -0.2) is 56.8 Å². The molecule has 0 aliphatic rings. The molecule has 0 spiro atoms. The lowest BCUT2D eigenvalue weighted by atomic mass is 10.1. The Bertz CT molecular complexity index is 1400. The van der Waals surface area contributed by atoms with Gasteiger partial charge < -0.3 is 19.3 Å². The fourth-order valence-corrected chi connectivity index (χ4v) is 5.58. The van der Waals surface area contributed by atoms with Gasteiger partial charge in [-0.1, -0.05) is 61.3 Å². The molecule has 1 N–H and O–H groups in total. The molecule has 0 unspecified atom stereocenters. The number of rotatable bonds is 13. The molecular weight excluding hydrogens is 603 g/mol. The molecule has 0 amide bonds. The summed E-state index contributed by atoms with van der Waals surface area (Å²) in [6.45, 7) is 14.4. The van der Waals surface area contributed by atoms with Gasteiger partial charge in [0.25, 0.3) is 5.56 Å². The molecule has 0 saturated heterocycles. The lowest BCUT2D eigenvalue weighted by molar-refractivity contribution is 0.0228. The number of aromatic nitrogens is 2. The van der Waals surface area contributed by atoms with Crippen molar-refractivity contribution in [3.8, 4) is 17.0 Å². The third-order valence-electron chi connectivity index (χ3n) is 5.98. The van der Waals surface area contributed by atoms with Gasteiger partial charge in [-0.3, -0.25) is 9.36 Å². The lowest BCUT2D eigenvalue weighted by Gasteiger charge is -2.19. The van der Waals surface area contributed by atoms with E-state index in [0.717, 1.165) is 18.2 Å². The zero-order valence-electron chi connectivity index (χ0n) is 23.3. The van der Waals surface area contributed by atoms with Crippen LogP contribution in [0.25, 0.3) is 22.3 Å². The molecule has 2 aromatic carbocycles. The third-order valence-corrected chi connectivity index (χ3v) is 9.84. The Kier molecular flexibility index (Phi) is 10.3. The molecule has 0 atom stereocenters. The molecule has 1 aromatic heterocycles. The molecule has 0 bridgehead atoms. The predicted octanol–water partition coefficient (Wildman–Crippen LogP) is 6.67. The van der Waals surface area contributed by atoms with E-state index < -0.39 is 39.1 Å². The van der Waals surface area contributed by atoms with Crippen LogP contribution in [0.1, 0.15) is 10.4 Å². The smallest absolute Gasteiger partial charge is 0.338 e. The van der Waals surface area contributed by atoms with Crippen LogP contribution in [0.5, 0.6) is 5.75 Å². The van der Waals surface area contributed by atoms with E-state index in [1.807, 2.05) is 0 Å². The van der Waals surface area contributed by atoms with Crippen molar-refractivity contribution in [1.29, 1.82) is 0 Å². The zero-order valence-corrected chi connectivity index (χ0v) is 26.9. The summed E-state index contributed by atoms with van der Waals surface area (Å²) >= 11 is 3.48. The molecular formula is C27H36BrFN2O6Si2. The van der Waals surface area contributed by atoms with Gasteiger partial charge in [0, 0.05) is 39.4 Å². The first-order valence-corrected chi connectivity index (χ1v) is 20.9. The van der Waals surface area contributed by atoms with E-state index in [1.54, 1.807) is 12.1 Å². The second-order valence-electron chi connectivity index (χ2n) is 11.8. The molecule has 39 heavy (non-hydrogen) atoms. The van der Waals surface area contributed by atoms with Gasteiger partial charge in [-0.25, -0.2) is 14.2 Å². The highest BCUT2D eigenvalue weighted by Crippen LogP contribution is 2.31. The molecule has 0 radical (unpaired) electrons. The van der Waals surface area contributed by atoms with E-state index in [-0.39, 0.29) is 24.8 Å². The second-order valence-corrected chi connectivity index (χ2v) is 23.9. The molecule has 0 aliphatic carbocycles. The van der Waals surface area contributed by atoms with Crippen molar-refractivity contribution >= 4 is 49.1 Å². The second kappa shape index (κ2) is 12.9. The summed E-state index contributed by atoms with van der Waals surface area (Å²) in [4.78, 5) is 29.7. The van der Waals surface area contributed by atoms with E-state index in [2.05, 4.69) is 60.2 Å². The minimum Gasteiger partial charge on any atom is -0.478 e. The quantitative estimate of drug-likeness (QED) is 0.127. The van der Waals surface area contributed by atoms with E-state index in [0.29, 0.717) is 34.5 Å². The Morgan fingerprint density at radius 3 is 2.31 bits per heavy atom. The number of carboxylic acids is 1. The lowest BCUT2D eigenvalue weighted by Crippen LogP contribution is -2.27. The molecule has 1 heterocycles. The van der Waals surface area contributed by atoms with E-state index >= 15 is 4.39 Å². The summed E-state index contributed by atoms with van der Waals surface area (Å²) < 4.78 is 34.8. The van der Waals surface area contributed by atoms with Crippen molar-refractivity contribution in [2.75, 3.05) is 20.0 Å². The molecule has 3 rings (SSSR count). The highest BCUT2D eigenvalue weighted by atomic mass is 79.9. The Labute approximate surface area is 238 Å². The van der Waals surface area contributed by atoms with Crippen molar-refractivity contribution in [2.24, 2.45) is 0 Å². The fourth-order valence-electron chi connectivity index (χ4n) is 3.65. The first-order valence-electron chi connectivity index (χ1n) is 12.7. The van der Waals surface area contributed by atoms with E-state index in [4.69, 9.17) is 14.2 Å². The van der Waals surface area contributed by atoms with Crippen LogP contribution in [0.3, 0.4) is 0 Å². The number of hydrogen-bond acceptors (Lipinski definition) is 6. The summed E-state index contributed by atoms with van der Waals surface area (Å²) in [7, 11) is -2.64. The summed E-state index contributed by atoms with van der Waals surface area (Å²) in [6.07, 6.45) is 0. The van der Waals surface area contributed by atoms with Crippen molar-refractivity contribution in [3.05, 3.63) is 56.5 Å². The molecule has 8 nitrogen and oxygen atoms in total. The molecule has 12 heteroatoms. The van der Waals surface area contributed by atoms with Crippen LogP contribution in [0, 0.1) is 5.82 Å². The number of fused-ring (bicyclic) bond motifs is 1. The van der Waals surface area contributed by atoms with Crippen molar-refractivity contribution in [3.63, 3.8) is 0 Å². The van der Waals surface area contributed by atoms with Gasteiger partial charge in [-0.15, -0.1) is 0 Å². The number of carboxylic acid groups (broad SMARTS) is 1. The fraction of sp³-hybridized carbons (Fsp3) is 0.444. The van der Waals surface area contributed by atoms with Gasteiger partial charge in [0.05, 0.1) is 11.1 Å². The maximum Gasteiger partial charge on any atom is 0.338 e. The van der Waals surface area contributed by atoms with Crippen LogP contribution in [0.15, 0.2) is 39.6 Å². The van der Waals surface area contributed by atoms with Gasteiger partial charge in [0.1, 0.15) is 23.8 Å². The van der Waals surface area contributed by atoms with Crippen LogP contribution >= 0.6 is 15.9 Å². The Morgan fingerprint density at radius 1 is 1.05 bits per heavy atom. The summed E-state index contributed by atoms with van der Waals surface area (Å²) in [5.41, 5.74) is -0.864. The minimum absolute atomic E-state index is 0.0260. The van der Waals surface area contributed by atoms with Gasteiger partial charge in [-0.2, -0.15) is 0 Å². The average Bonchev–Trinajstić information content (AvgIpc) is 2.81. The third kappa shape index (κ3) is 8.55. The topological polar surface area (TPSA) is 99.9 Å². The Morgan fingerprint density at radius 2 is 1.69 bits per heavy atom. The standard InChI is InChI=1S/C27H36BrFN2O6Si2/c1-38(2,3)12-10-35-16-31-21-14-18(28)15-22(37-17-36-11-13-39(4,5)6)25(21)30-24(26(31)32)19-8-7-9-20(23(19)29)27(33)34/h7-9,14-15H,10-13,16-17H2,1-6H3,(H,33,34). The Balaban J connectivity index is 2.09. The maximum absolute atomic E-state index is 15.3. The highest BCUT2D eigenvalue weighted by Gasteiger charge is 2.23. The number of nitrogens with zero attached hydrogens (tertiary/aromatic N) is 2. The number of carbonyl (C=O) groups is 1. The van der Waals surface area contributed by atoms with Crippen LogP contribution in [0.2, 0.25) is 51.4 Å². The first-order chi connectivity index (χ1) is 18.2. The SMILES string of the molecule is C[Si](C)(C)CCOCOc1cc(Br)cc2c1nc(-c1cccc(C(=O)O)c1F)c(=O)n2COCC[Si](C)(C)C. The van der Waals surface area contributed by atoms with E-state index in [9.17, 15) is 14.7 Å². The van der Waals surface area contributed by atoms with Crippen molar-refractivity contribution < 1.29 is 28.5 Å². The number of ether oxygens (including phenoxy) is 3. The van der Waals surface area contributed by atoms with Gasteiger partial charge >= 0.3 is 5.97 Å². The summed E-state index contributed by atoms with van der Waals surface area (Å²) in [5.74, 6) is -2.14. The first kappa shape index (κ1) is 31.1. The zero-order chi connectivity index (χ0) is 29.0. The van der Waals surface area contributed by atoms with Gasteiger partial charge in [-0.05, 0) is 36.4 Å². The normalized spacial score (nSPS) is 12.2. The van der Waals surface area contributed by atoms with Crippen LogP contribution in [-0.2, 0) is 16.2 Å². The number of halogens is 2. The average molecular weight is 640 g/mol. The minimum atomic E-state index is -1.44. The molecule has 0 aliphatic heterocycles. The van der Waals surface area contributed by atoms with Gasteiger partial charge in [0.2, 0.25) is 0 Å². The Hall–Kier alpha value is -2.39. The van der Waals surface area contributed by atoms with Gasteiger partial charge in [0.15, 0.2) is 12.5 Å². The van der Waals surface area contributed by atoms with E-state index in [1.165, 1.54) is 16.7 Å². The molecule has 0 saturated carbocycles. The van der Waals surface area contributed by atoms with Crippen LogP contribution < -0.4 is 10.3 Å². The number of benzene rings is 2. The van der Waals surface area contributed by atoms with Crippen molar-refractivity contribution in [1.82, 2.24) is 9.55 Å². The summed E-state index contributed by atoms with van der Waals surface area (Å²) in [5, 5.41) is 9.41. The highest BCUT2D eigenvalue weighted by molar-refractivity contribution is 9.10. The largest absolute Gasteiger partial charge is 0.478 e. The monoisotopic (exact) mass is 638 g/mol. The van der Waals surface area contributed by atoms with Crippen LogP contribution in [0.4, 0.5) is 4.39 Å². The maximum atomic E-state index is 15.3. The molecule has 0 fully saturated rings. The number of hydrogen-bond donors (Lipinski definition) is 1. The molecule has 212 valence electrons. The number of aromatic carboxylic acids is 1. The summed E-state index contributed by atoms with van der Waals surface area (Å²) in [6, 6.07) is 9.17.